The van der Waals surface area contributed by atoms with Crippen molar-refractivity contribution in [1.29, 1.82) is 0 Å². The van der Waals surface area contributed by atoms with Gasteiger partial charge in [0.1, 0.15) is 6.61 Å². The Labute approximate surface area is 183 Å². The monoisotopic (exact) mass is 430 g/mol. The molecule has 0 spiro atoms. The van der Waals surface area contributed by atoms with Gasteiger partial charge in [-0.25, -0.2) is 0 Å². The van der Waals surface area contributed by atoms with Crippen LogP contribution in [0.15, 0.2) is 23.8 Å². The molecule has 5 aliphatic rings. The van der Waals surface area contributed by atoms with Crippen LogP contribution in [0.25, 0.3) is 0 Å². The third-order valence-electron chi connectivity index (χ3n) is 9.37. The highest BCUT2D eigenvalue weighted by Crippen LogP contribution is 2.69. The van der Waals surface area contributed by atoms with Crippen LogP contribution in [-0.4, -0.2) is 52.5 Å². The highest BCUT2D eigenvalue weighted by Gasteiger charge is 2.75. The fraction of sp³-hybridized carbons (Fsp3) is 0.760. The molecule has 3 saturated carbocycles. The number of carbonyl (C=O) groups is 2. The Morgan fingerprint density at radius 3 is 2.81 bits per heavy atom. The smallest absolute Gasteiger partial charge is 0.193 e. The van der Waals surface area contributed by atoms with Crippen LogP contribution < -0.4 is 0 Å². The normalized spacial score (nSPS) is 50.4. The van der Waals surface area contributed by atoms with E-state index in [1.165, 1.54) is 0 Å². The average Bonchev–Trinajstić information content (AvgIpc) is 3.20. The van der Waals surface area contributed by atoms with Gasteiger partial charge in [-0.05, 0) is 56.1 Å². The van der Waals surface area contributed by atoms with Crippen molar-refractivity contribution in [3.05, 3.63) is 23.8 Å². The van der Waals surface area contributed by atoms with E-state index in [0.717, 1.165) is 24.8 Å². The van der Waals surface area contributed by atoms with E-state index in [1.807, 2.05) is 6.08 Å². The number of Topliss-reactive ketones (excluding diaryl/α,β-unsaturated/α-hetero) is 1. The summed E-state index contributed by atoms with van der Waals surface area (Å²) in [4.78, 5) is 25.2. The Bertz CT molecular complexity index is 862. The van der Waals surface area contributed by atoms with Gasteiger partial charge in [0.05, 0.1) is 12.2 Å². The number of aliphatic hydroxyl groups excluding tert-OH is 2. The number of ether oxygens (including phenoxy) is 2. The molecular weight excluding hydrogens is 396 g/mol. The summed E-state index contributed by atoms with van der Waals surface area (Å²) in [6.45, 7) is 5.67. The Morgan fingerprint density at radius 2 is 2.10 bits per heavy atom. The summed E-state index contributed by atoms with van der Waals surface area (Å²) in [6.07, 6.45) is 8.31. The number of ketones is 2. The predicted molar refractivity (Wildman–Crippen MR) is 113 cm³/mol. The summed E-state index contributed by atoms with van der Waals surface area (Å²) in [7, 11) is 0. The zero-order chi connectivity index (χ0) is 22.2. The lowest BCUT2D eigenvalue weighted by molar-refractivity contribution is -0.200. The minimum Gasteiger partial charge on any atom is -0.393 e. The van der Waals surface area contributed by atoms with Crippen LogP contribution in [0.3, 0.4) is 0 Å². The molecule has 0 bridgehead atoms. The van der Waals surface area contributed by atoms with Crippen molar-refractivity contribution in [3.63, 3.8) is 0 Å². The van der Waals surface area contributed by atoms with Gasteiger partial charge in [-0.15, -0.1) is 0 Å². The predicted octanol–water partition coefficient (Wildman–Crippen LogP) is 2.72. The van der Waals surface area contributed by atoms with Crippen LogP contribution in [0.5, 0.6) is 0 Å². The molecule has 1 aliphatic heterocycles. The molecule has 4 aliphatic carbocycles. The molecule has 170 valence electrons. The minimum atomic E-state index is -1.20. The van der Waals surface area contributed by atoms with Crippen LogP contribution in [0.4, 0.5) is 0 Å². The van der Waals surface area contributed by atoms with E-state index in [4.69, 9.17) is 9.47 Å². The number of carbonyl (C=O) groups excluding carboxylic acids is 2. The Kier molecular flexibility index (Phi) is 4.91. The second-order valence-corrected chi connectivity index (χ2v) is 10.7. The van der Waals surface area contributed by atoms with Crippen molar-refractivity contribution in [1.82, 2.24) is 0 Å². The molecule has 9 atom stereocenters. The summed E-state index contributed by atoms with van der Waals surface area (Å²) in [5.41, 5.74) is -1.05. The summed E-state index contributed by atoms with van der Waals surface area (Å²) < 4.78 is 12.7. The van der Waals surface area contributed by atoms with Gasteiger partial charge in [0.15, 0.2) is 23.5 Å². The van der Waals surface area contributed by atoms with Crippen LogP contribution in [0, 0.1) is 28.6 Å². The van der Waals surface area contributed by atoms with E-state index in [9.17, 15) is 19.8 Å². The van der Waals surface area contributed by atoms with Gasteiger partial charge in [0.25, 0.3) is 0 Å². The summed E-state index contributed by atoms with van der Waals surface area (Å²) in [5.74, 6) is 0.0274. The van der Waals surface area contributed by atoms with Crippen LogP contribution in [-0.2, 0) is 19.1 Å². The molecule has 0 aromatic carbocycles. The first-order chi connectivity index (χ1) is 14.7. The van der Waals surface area contributed by atoms with Crippen molar-refractivity contribution >= 4 is 11.6 Å². The molecular formula is C25H34O6. The van der Waals surface area contributed by atoms with E-state index in [2.05, 4.69) is 20.8 Å². The molecule has 0 amide bonds. The number of allylic oxidation sites excluding steroid dienone is 4. The summed E-state index contributed by atoms with van der Waals surface area (Å²) in [6, 6.07) is 0. The number of fused-ring (bicyclic) bond motifs is 7. The molecule has 4 fully saturated rings. The van der Waals surface area contributed by atoms with Crippen molar-refractivity contribution in [2.45, 2.75) is 83.4 Å². The third-order valence-corrected chi connectivity index (χ3v) is 9.37. The topological polar surface area (TPSA) is 93.1 Å². The first kappa shape index (κ1) is 21.5. The Morgan fingerprint density at radius 1 is 1.32 bits per heavy atom. The molecule has 31 heavy (non-hydrogen) atoms. The maximum absolute atomic E-state index is 13.2. The molecule has 5 rings (SSSR count). The van der Waals surface area contributed by atoms with E-state index in [-0.39, 0.29) is 34.7 Å². The standard InChI is InChI=1S/C25H34O6/c1-4-5-21-30-20-11-17-16-7-6-14-10-15(27)8-9-23(14,2)22(16)18(28)12-24(17,3)25(20,31-21)19(29)13-26/h8-10,16-18,20-22,26,28H,4-7,11-13H2,1-3H3/t16?,17?,18-,20+,21?,22?,23?,24?,25+/m1/s1. The van der Waals surface area contributed by atoms with E-state index in [0.29, 0.717) is 19.3 Å². The van der Waals surface area contributed by atoms with Crippen LogP contribution >= 0.6 is 0 Å². The SMILES string of the molecule is CCCC1O[C@H]2CC3C4CCC5=CC(=O)C=CC5(C)C4[C@H](O)CC3(C)[C@@]2(C(=O)CO)O1. The molecule has 6 heteroatoms. The quantitative estimate of drug-likeness (QED) is 0.712. The van der Waals surface area contributed by atoms with E-state index < -0.39 is 36.1 Å². The van der Waals surface area contributed by atoms with Crippen molar-refractivity contribution in [2.75, 3.05) is 6.61 Å². The Hall–Kier alpha value is -1.34. The van der Waals surface area contributed by atoms with Gasteiger partial charge >= 0.3 is 0 Å². The average molecular weight is 431 g/mol. The van der Waals surface area contributed by atoms with Crippen LogP contribution in [0.1, 0.15) is 59.3 Å². The number of hydrogen-bond donors (Lipinski definition) is 2. The molecule has 1 saturated heterocycles. The highest BCUT2D eigenvalue weighted by atomic mass is 16.7. The van der Waals surface area contributed by atoms with Gasteiger partial charge in [-0.3, -0.25) is 9.59 Å². The third kappa shape index (κ3) is 2.65. The molecule has 0 radical (unpaired) electrons. The maximum atomic E-state index is 13.2. The van der Waals surface area contributed by atoms with Gasteiger partial charge in [-0.2, -0.15) is 0 Å². The molecule has 0 aromatic rings. The van der Waals surface area contributed by atoms with E-state index >= 15 is 0 Å². The number of rotatable bonds is 4. The zero-order valence-electron chi connectivity index (χ0n) is 18.7. The zero-order valence-corrected chi connectivity index (χ0v) is 18.7. The van der Waals surface area contributed by atoms with Crippen molar-refractivity contribution in [3.8, 4) is 0 Å². The lowest BCUT2D eigenvalue weighted by Crippen LogP contribution is -2.63. The van der Waals surface area contributed by atoms with Gasteiger partial charge in [-0.1, -0.05) is 38.8 Å². The first-order valence-electron chi connectivity index (χ1n) is 11.8. The van der Waals surface area contributed by atoms with Gasteiger partial charge in [0, 0.05) is 16.7 Å². The largest absolute Gasteiger partial charge is 0.393 e. The first-order valence-corrected chi connectivity index (χ1v) is 11.8. The lowest BCUT2D eigenvalue weighted by Gasteiger charge is -2.59. The summed E-state index contributed by atoms with van der Waals surface area (Å²) >= 11 is 0. The lowest BCUT2D eigenvalue weighted by atomic mass is 9.46. The van der Waals surface area contributed by atoms with Crippen molar-refractivity contribution in [2.24, 2.45) is 28.6 Å². The number of aliphatic hydroxyl groups is 2. The number of hydrogen-bond acceptors (Lipinski definition) is 6. The summed E-state index contributed by atoms with van der Waals surface area (Å²) in [5, 5.41) is 21.4. The van der Waals surface area contributed by atoms with Gasteiger partial charge < -0.3 is 19.7 Å². The van der Waals surface area contributed by atoms with Gasteiger partial charge in [0.2, 0.25) is 0 Å². The second-order valence-electron chi connectivity index (χ2n) is 10.7. The fourth-order valence-corrected chi connectivity index (χ4v) is 8.12. The van der Waals surface area contributed by atoms with Crippen LogP contribution in [0.2, 0.25) is 0 Å². The van der Waals surface area contributed by atoms with Crippen molar-refractivity contribution < 1.29 is 29.3 Å². The Balaban J connectivity index is 1.55. The van der Waals surface area contributed by atoms with E-state index in [1.54, 1.807) is 12.2 Å². The highest BCUT2D eigenvalue weighted by molar-refractivity contribution is 6.01. The minimum absolute atomic E-state index is 0.0125. The molecule has 2 N–H and O–H groups in total. The molecule has 6 unspecified atom stereocenters. The maximum Gasteiger partial charge on any atom is 0.193 e. The fourth-order valence-electron chi connectivity index (χ4n) is 8.12. The molecule has 0 aromatic heterocycles. The second kappa shape index (κ2) is 7.08. The molecule has 1 heterocycles. The molecule has 6 nitrogen and oxygen atoms in total.